The molecule has 0 bridgehead atoms. The number of thiophene rings is 1. The standard InChI is InChI=1S/C8H5FN2O2S/c9-7-5(11(12)13)3-6-4(8(7)10)1-2-14-6/h1-3H,10H2. The van der Waals surface area contributed by atoms with E-state index in [1.807, 2.05) is 0 Å². The van der Waals surface area contributed by atoms with E-state index in [1.54, 1.807) is 11.4 Å². The number of benzene rings is 1. The molecule has 14 heavy (non-hydrogen) atoms. The van der Waals surface area contributed by atoms with Crippen LogP contribution < -0.4 is 5.73 Å². The highest BCUT2D eigenvalue weighted by atomic mass is 32.1. The lowest BCUT2D eigenvalue weighted by Crippen LogP contribution is -1.97. The zero-order valence-electron chi connectivity index (χ0n) is 6.86. The molecule has 0 radical (unpaired) electrons. The first kappa shape index (κ1) is 8.89. The Morgan fingerprint density at radius 2 is 2.29 bits per heavy atom. The molecule has 0 amide bonds. The Bertz CT molecular complexity index is 523. The van der Waals surface area contributed by atoms with Crippen LogP contribution >= 0.6 is 11.3 Å². The van der Waals surface area contributed by atoms with E-state index in [9.17, 15) is 14.5 Å². The van der Waals surface area contributed by atoms with E-state index in [-0.39, 0.29) is 5.69 Å². The van der Waals surface area contributed by atoms with Crippen molar-refractivity contribution in [2.75, 3.05) is 5.73 Å². The molecule has 72 valence electrons. The molecule has 1 aromatic heterocycles. The predicted octanol–water partition coefficient (Wildman–Crippen LogP) is 2.53. The highest BCUT2D eigenvalue weighted by molar-refractivity contribution is 7.17. The Morgan fingerprint density at radius 1 is 1.57 bits per heavy atom. The highest BCUT2D eigenvalue weighted by Gasteiger charge is 2.19. The van der Waals surface area contributed by atoms with Crippen molar-refractivity contribution in [3.8, 4) is 0 Å². The quantitative estimate of drug-likeness (QED) is 0.448. The minimum Gasteiger partial charge on any atom is -0.396 e. The van der Waals surface area contributed by atoms with E-state index in [0.717, 1.165) is 0 Å². The average molecular weight is 212 g/mol. The summed E-state index contributed by atoms with van der Waals surface area (Å²) in [7, 11) is 0. The molecule has 2 rings (SSSR count). The SMILES string of the molecule is Nc1c(F)c([N+](=O)[O-])cc2sccc12. The number of anilines is 1. The zero-order chi connectivity index (χ0) is 10.3. The Labute approximate surface area is 81.9 Å². The van der Waals surface area contributed by atoms with E-state index in [2.05, 4.69) is 0 Å². The van der Waals surface area contributed by atoms with Gasteiger partial charge in [0.15, 0.2) is 0 Å². The number of fused-ring (bicyclic) bond motifs is 1. The number of rotatable bonds is 1. The lowest BCUT2D eigenvalue weighted by atomic mass is 10.2. The molecule has 1 aromatic carbocycles. The molecule has 6 heteroatoms. The van der Waals surface area contributed by atoms with Gasteiger partial charge in [-0.3, -0.25) is 10.1 Å². The number of nitro groups is 1. The summed E-state index contributed by atoms with van der Waals surface area (Å²) in [5.41, 5.74) is 4.70. The second kappa shape index (κ2) is 2.91. The summed E-state index contributed by atoms with van der Waals surface area (Å²) in [5.74, 6) is -0.958. The molecule has 1 heterocycles. The van der Waals surface area contributed by atoms with Crippen LogP contribution in [-0.4, -0.2) is 4.92 Å². The van der Waals surface area contributed by atoms with Crippen molar-refractivity contribution in [2.45, 2.75) is 0 Å². The highest BCUT2D eigenvalue weighted by Crippen LogP contribution is 2.34. The summed E-state index contributed by atoms with van der Waals surface area (Å²) in [6.45, 7) is 0. The maximum Gasteiger partial charge on any atom is 0.308 e. The van der Waals surface area contributed by atoms with Crippen molar-refractivity contribution < 1.29 is 9.31 Å². The van der Waals surface area contributed by atoms with E-state index >= 15 is 0 Å². The summed E-state index contributed by atoms with van der Waals surface area (Å²) in [5, 5.41) is 12.7. The van der Waals surface area contributed by atoms with Crippen LogP contribution in [0.3, 0.4) is 0 Å². The molecule has 0 saturated heterocycles. The van der Waals surface area contributed by atoms with E-state index in [1.165, 1.54) is 17.4 Å². The second-order valence-corrected chi connectivity index (χ2v) is 3.66. The minimum atomic E-state index is -0.958. The fourth-order valence-corrected chi connectivity index (χ4v) is 2.07. The molecule has 0 aliphatic heterocycles. The first-order chi connectivity index (χ1) is 6.61. The van der Waals surface area contributed by atoms with Gasteiger partial charge in [-0.2, -0.15) is 4.39 Å². The van der Waals surface area contributed by atoms with Gasteiger partial charge in [-0.25, -0.2) is 0 Å². The summed E-state index contributed by atoms with van der Waals surface area (Å²) < 4.78 is 13.9. The van der Waals surface area contributed by atoms with Gasteiger partial charge < -0.3 is 5.73 Å². The maximum atomic E-state index is 13.3. The number of hydrogen-bond donors (Lipinski definition) is 1. The van der Waals surface area contributed by atoms with E-state index in [0.29, 0.717) is 10.1 Å². The average Bonchev–Trinajstić information content (AvgIpc) is 2.58. The van der Waals surface area contributed by atoms with Gasteiger partial charge in [-0.15, -0.1) is 11.3 Å². The number of halogens is 1. The Balaban J connectivity index is 2.87. The molecule has 0 aliphatic rings. The number of hydrogen-bond acceptors (Lipinski definition) is 4. The third-order valence-electron chi connectivity index (χ3n) is 1.91. The van der Waals surface area contributed by atoms with Gasteiger partial charge in [0.2, 0.25) is 5.82 Å². The smallest absolute Gasteiger partial charge is 0.308 e. The summed E-state index contributed by atoms with van der Waals surface area (Å²) >= 11 is 1.29. The molecule has 2 aromatic rings. The molecule has 0 saturated carbocycles. The molecule has 0 aliphatic carbocycles. The number of nitrogen functional groups attached to an aromatic ring is 1. The zero-order valence-corrected chi connectivity index (χ0v) is 7.68. The third-order valence-corrected chi connectivity index (χ3v) is 2.78. The first-order valence-electron chi connectivity index (χ1n) is 3.71. The Kier molecular flexibility index (Phi) is 1.85. The summed E-state index contributed by atoms with van der Waals surface area (Å²) in [6.07, 6.45) is 0. The molecule has 0 unspecified atom stereocenters. The predicted molar refractivity (Wildman–Crippen MR) is 52.8 cm³/mol. The van der Waals surface area contributed by atoms with E-state index < -0.39 is 16.4 Å². The number of nitrogens with zero attached hydrogens (tertiary/aromatic N) is 1. The Hall–Kier alpha value is -1.69. The number of nitrogens with two attached hydrogens (primary N) is 1. The minimum absolute atomic E-state index is 0.157. The van der Waals surface area contributed by atoms with Crippen molar-refractivity contribution in [2.24, 2.45) is 0 Å². The van der Waals surface area contributed by atoms with Crippen LogP contribution in [0.25, 0.3) is 10.1 Å². The van der Waals surface area contributed by atoms with Crippen LogP contribution in [0.15, 0.2) is 17.5 Å². The fraction of sp³-hybridized carbons (Fsp3) is 0. The second-order valence-electron chi connectivity index (χ2n) is 2.71. The molecular weight excluding hydrogens is 207 g/mol. The lowest BCUT2D eigenvalue weighted by molar-refractivity contribution is -0.387. The summed E-state index contributed by atoms with van der Waals surface area (Å²) in [4.78, 5) is 9.68. The van der Waals surface area contributed by atoms with Crippen LogP contribution in [0, 0.1) is 15.9 Å². The third kappa shape index (κ3) is 1.12. The number of nitro benzene ring substituents is 1. The van der Waals surface area contributed by atoms with Crippen LogP contribution in [-0.2, 0) is 0 Å². The largest absolute Gasteiger partial charge is 0.396 e. The van der Waals surface area contributed by atoms with Crippen LogP contribution in [0.4, 0.5) is 15.8 Å². The van der Waals surface area contributed by atoms with Crippen LogP contribution in [0.2, 0.25) is 0 Å². The first-order valence-corrected chi connectivity index (χ1v) is 4.59. The van der Waals surface area contributed by atoms with Gasteiger partial charge in [0.05, 0.1) is 10.6 Å². The molecule has 2 N–H and O–H groups in total. The van der Waals surface area contributed by atoms with Gasteiger partial charge in [0.1, 0.15) is 0 Å². The van der Waals surface area contributed by atoms with Gasteiger partial charge in [0.25, 0.3) is 0 Å². The topological polar surface area (TPSA) is 69.2 Å². The van der Waals surface area contributed by atoms with Crippen molar-refractivity contribution in [3.05, 3.63) is 33.4 Å². The van der Waals surface area contributed by atoms with Gasteiger partial charge in [0, 0.05) is 16.2 Å². The van der Waals surface area contributed by atoms with Crippen molar-refractivity contribution in [3.63, 3.8) is 0 Å². The fourth-order valence-electron chi connectivity index (χ4n) is 1.23. The van der Waals surface area contributed by atoms with Crippen LogP contribution in [0.5, 0.6) is 0 Å². The lowest BCUT2D eigenvalue weighted by Gasteiger charge is -1.99. The van der Waals surface area contributed by atoms with Crippen LogP contribution in [0.1, 0.15) is 0 Å². The summed E-state index contributed by atoms with van der Waals surface area (Å²) in [6, 6.07) is 2.84. The molecule has 0 atom stereocenters. The molecule has 0 spiro atoms. The monoisotopic (exact) mass is 212 g/mol. The van der Waals surface area contributed by atoms with Crippen molar-refractivity contribution in [1.29, 1.82) is 0 Å². The molecular formula is C8H5FN2O2S. The normalized spacial score (nSPS) is 10.6. The maximum absolute atomic E-state index is 13.3. The van der Waals surface area contributed by atoms with E-state index in [4.69, 9.17) is 5.73 Å². The van der Waals surface area contributed by atoms with Crippen molar-refractivity contribution >= 4 is 32.8 Å². The Morgan fingerprint density at radius 3 is 2.93 bits per heavy atom. The molecule has 0 fully saturated rings. The van der Waals surface area contributed by atoms with Crippen molar-refractivity contribution in [1.82, 2.24) is 0 Å². The van der Waals surface area contributed by atoms with Gasteiger partial charge in [-0.1, -0.05) is 0 Å². The van der Waals surface area contributed by atoms with Gasteiger partial charge >= 0.3 is 5.69 Å². The van der Waals surface area contributed by atoms with Gasteiger partial charge in [-0.05, 0) is 11.4 Å². The molecule has 4 nitrogen and oxygen atoms in total.